The van der Waals surface area contributed by atoms with Gasteiger partial charge in [0.25, 0.3) is 0 Å². The van der Waals surface area contributed by atoms with Crippen LogP contribution in [0.5, 0.6) is 0 Å². The van der Waals surface area contributed by atoms with E-state index in [1.807, 2.05) is 48.8 Å². The minimum atomic E-state index is 0. The van der Waals surface area contributed by atoms with Crippen LogP contribution in [0.15, 0.2) is 195 Å². The molecule has 0 unspecified atom stereocenters. The van der Waals surface area contributed by atoms with Crippen molar-refractivity contribution in [2.24, 2.45) is 0 Å². The van der Waals surface area contributed by atoms with Crippen molar-refractivity contribution in [3.05, 3.63) is 219 Å². The molecule has 0 saturated carbocycles. The maximum atomic E-state index is 4.80. The third-order valence-electron chi connectivity index (χ3n) is 14.2. The van der Waals surface area contributed by atoms with Crippen molar-refractivity contribution in [1.82, 2.24) is 47.8 Å². The van der Waals surface area contributed by atoms with Crippen LogP contribution in [0.1, 0.15) is 0 Å². The van der Waals surface area contributed by atoms with Crippen molar-refractivity contribution in [3.8, 4) is 29.0 Å². The van der Waals surface area contributed by atoms with Crippen molar-refractivity contribution in [2.45, 2.75) is 0 Å². The molecule has 12 heteroatoms. The zero-order chi connectivity index (χ0) is 46.3. The van der Waals surface area contributed by atoms with Gasteiger partial charge in [0.1, 0.15) is 24.3 Å². The van der Waals surface area contributed by atoms with Crippen molar-refractivity contribution < 1.29 is 42.1 Å². The minimum absolute atomic E-state index is 0. The number of hydrogen-bond donors (Lipinski definition) is 0. The van der Waals surface area contributed by atoms with E-state index in [1.54, 1.807) is 12.7 Å². The molecular formula is C61H32N10Pt2. The quantitative estimate of drug-likeness (QED) is 0.160. The Morgan fingerprint density at radius 1 is 0.288 bits per heavy atom. The summed E-state index contributed by atoms with van der Waals surface area (Å²) >= 11 is 0. The maximum absolute atomic E-state index is 4.80. The first-order valence-electron chi connectivity index (χ1n) is 23.4. The monoisotopic (exact) mass is 1290 g/mol. The number of hydrogen-bond acceptors (Lipinski definition) is 5. The fourth-order valence-electron chi connectivity index (χ4n) is 11.2. The van der Waals surface area contributed by atoms with Crippen LogP contribution in [0.2, 0.25) is 0 Å². The van der Waals surface area contributed by atoms with E-state index < -0.39 is 0 Å². The van der Waals surface area contributed by atoms with E-state index >= 15 is 0 Å². The molecule has 0 spiro atoms. The van der Waals surface area contributed by atoms with E-state index in [0.717, 1.165) is 132 Å². The number of fused-ring (bicyclic) bond motifs is 15. The van der Waals surface area contributed by atoms with Crippen LogP contribution in [0.25, 0.3) is 138 Å². The molecule has 0 aliphatic carbocycles. The van der Waals surface area contributed by atoms with Crippen LogP contribution in [0.3, 0.4) is 0 Å². The summed E-state index contributed by atoms with van der Waals surface area (Å²) in [5.41, 5.74) is 11.3. The van der Waals surface area contributed by atoms with Crippen molar-refractivity contribution in [3.63, 3.8) is 0 Å². The molecule has 0 fully saturated rings. The number of benzene rings is 8. The van der Waals surface area contributed by atoms with Crippen LogP contribution in [0.4, 0.5) is 0 Å². The first-order valence-corrected chi connectivity index (χ1v) is 23.4. The molecule has 346 valence electrons. The number of pyridine rings is 2. The zero-order valence-electron chi connectivity index (χ0n) is 38.1. The SMILES string of the molecule is [Pt+2].[Pt+2].[c-]1c2c(cc3c4ccccc4n(-c4[c-]c5c(cc4)c4ccccc4n5-c4ccccn4)c13)c1cc3c4ccccc4n(-c4[c-]c5c(cc4)c4ccccc4n5-c4ccccn4)c3[c-]c1n2-c1ncncn1. The van der Waals surface area contributed by atoms with Crippen LogP contribution < -0.4 is 0 Å². The Bertz CT molecular complexity index is 4590. The molecular weight excluding hydrogens is 1260 g/mol. The third kappa shape index (κ3) is 6.14. The van der Waals surface area contributed by atoms with Gasteiger partial charge in [-0.2, -0.15) is 35.0 Å². The second-order valence-corrected chi connectivity index (χ2v) is 17.9. The summed E-state index contributed by atoms with van der Waals surface area (Å²) in [5.74, 6) is 2.14. The predicted octanol–water partition coefficient (Wildman–Crippen LogP) is 13.3. The first-order chi connectivity index (χ1) is 35.2. The number of aromatic nitrogens is 10. The third-order valence-corrected chi connectivity index (χ3v) is 14.2. The normalized spacial score (nSPS) is 11.9. The predicted molar refractivity (Wildman–Crippen MR) is 282 cm³/mol. The Morgan fingerprint density at radius 2 is 0.644 bits per heavy atom. The van der Waals surface area contributed by atoms with Crippen molar-refractivity contribution in [1.29, 1.82) is 0 Å². The fourth-order valence-corrected chi connectivity index (χ4v) is 11.2. The molecule has 0 saturated heterocycles. The summed E-state index contributed by atoms with van der Waals surface area (Å²) in [6.45, 7) is 0. The van der Waals surface area contributed by atoms with E-state index in [0.29, 0.717) is 5.95 Å². The molecule has 0 aliphatic rings. The zero-order valence-corrected chi connectivity index (χ0v) is 42.6. The standard InChI is InChI=1S/C61H32N10.2Pt/c1-7-19-51-39(13-1)43-25-23-37(29-53(43)69(51)59-21-9-11-27-63-59)67-49-17-5-3-15-41(49)45-31-47-48-32-46-42-16-4-6-18-50(42)68(56(46)34-58(48)71(57(47)33-55(45)67)61-65-35-62-36-66-61)38-24-26-44-40-14-2-8-20-52(40)70(54(44)30-38)60-22-10-12-28-64-60;;/h1-28,31-32,35-36H;;/q-4;2*+2. The Labute approximate surface area is 444 Å². The van der Waals surface area contributed by atoms with Gasteiger partial charge in [-0.25, -0.2) is 24.9 Å². The summed E-state index contributed by atoms with van der Waals surface area (Å²) in [6, 6.07) is 75.2. The summed E-state index contributed by atoms with van der Waals surface area (Å²) in [4.78, 5) is 23.4. The number of para-hydroxylation sites is 4. The molecule has 0 radical (unpaired) electrons. The Kier molecular flexibility index (Phi) is 9.78. The molecule has 0 atom stereocenters. The van der Waals surface area contributed by atoms with Gasteiger partial charge in [-0.1, -0.05) is 129 Å². The van der Waals surface area contributed by atoms with Gasteiger partial charge in [-0.05, 0) is 70.1 Å². The van der Waals surface area contributed by atoms with Crippen molar-refractivity contribution in [2.75, 3.05) is 0 Å². The molecule has 16 aromatic rings. The maximum Gasteiger partial charge on any atom is 2.00 e. The molecule has 0 bridgehead atoms. The van der Waals surface area contributed by atoms with Gasteiger partial charge in [0.15, 0.2) is 0 Å². The number of rotatable bonds is 5. The van der Waals surface area contributed by atoms with Gasteiger partial charge in [-0.3, -0.25) is 0 Å². The summed E-state index contributed by atoms with van der Waals surface area (Å²) in [6.07, 6.45) is 6.76. The first kappa shape index (κ1) is 43.3. The van der Waals surface area contributed by atoms with Crippen molar-refractivity contribution >= 4 is 109 Å². The second-order valence-electron chi connectivity index (χ2n) is 17.9. The molecule has 8 aromatic carbocycles. The average Bonchev–Trinajstić information content (AvgIpc) is 4.21. The smallest absolute Gasteiger partial charge is 0.358 e. The summed E-state index contributed by atoms with van der Waals surface area (Å²) in [7, 11) is 0. The fraction of sp³-hybridized carbons (Fsp3) is 0. The number of nitrogens with zero attached hydrogens (tertiary/aromatic N) is 10. The Balaban J connectivity index is 0.00000247. The molecule has 8 aromatic heterocycles. The molecule has 0 N–H and O–H groups in total. The van der Waals surface area contributed by atoms with Crippen LogP contribution >= 0.6 is 0 Å². The molecule has 10 nitrogen and oxygen atoms in total. The summed E-state index contributed by atoms with van der Waals surface area (Å²) < 4.78 is 11.0. The van der Waals surface area contributed by atoms with Gasteiger partial charge in [0.2, 0.25) is 5.95 Å². The topological polar surface area (TPSA) is 89.1 Å². The van der Waals surface area contributed by atoms with E-state index in [4.69, 9.17) is 19.9 Å². The van der Waals surface area contributed by atoms with Gasteiger partial charge < -0.3 is 22.8 Å². The van der Waals surface area contributed by atoms with Gasteiger partial charge >= 0.3 is 42.1 Å². The van der Waals surface area contributed by atoms with Gasteiger partial charge in [-0.15, -0.1) is 57.9 Å². The van der Waals surface area contributed by atoms with Crippen LogP contribution in [-0.2, 0) is 42.1 Å². The second kappa shape index (κ2) is 16.5. The largest absolute Gasteiger partial charge is 2.00 e. The van der Waals surface area contributed by atoms with Crippen LogP contribution in [-0.4, -0.2) is 47.8 Å². The summed E-state index contributed by atoms with van der Waals surface area (Å²) in [5, 5.41) is 10.8. The van der Waals surface area contributed by atoms with Gasteiger partial charge in [0, 0.05) is 34.5 Å². The van der Waals surface area contributed by atoms with E-state index in [9.17, 15) is 0 Å². The Morgan fingerprint density at radius 3 is 1.07 bits per heavy atom. The molecule has 8 heterocycles. The molecule has 0 amide bonds. The average molecular weight is 1300 g/mol. The van der Waals surface area contributed by atoms with E-state index in [-0.39, 0.29) is 42.1 Å². The van der Waals surface area contributed by atoms with E-state index in [1.165, 1.54) is 0 Å². The van der Waals surface area contributed by atoms with Crippen LogP contribution in [0, 0.1) is 24.3 Å². The Hall–Kier alpha value is -8.55. The minimum Gasteiger partial charge on any atom is -0.358 e. The molecule has 73 heavy (non-hydrogen) atoms. The molecule has 0 aliphatic heterocycles. The van der Waals surface area contributed by atoms with E-state index in [2.05, 4.69) is 186 Å². The van der Waals surface area contributed by atoms with Gasteiger partial charge in [0.05, 0.1) is 0 Å². The molecule has 16 rings (SSSR count).